The topological polar surface area (TPSA) is 57.2 Å². The summed E-state index contributed by atoms with van der Waals surface area (Å²) in [6, 6.07) is 6.50. The van der Waals surface area contributed by atoms with Crippen molar-refractivity contribution in [1.29, 1.82) is 0 Å². The average molecular weight is 631 g/mol. The minimum absolute atomic E-state index is 0. The second kappa shape index (κ2) is 31.7. The van der Waals surface area contributed by atoms with Gasteiger partial charge >= 0.3 is 51.4 Å². The molecule has 0 fully saturated rings. The molecule has 0 saturated carbocycles. The second-order valence-corrected chi connectivity index (χ2v) is 14.1. The van der Waals surface area contributed by atoms with Crippen LogP contribution in [-0.2, 0) is 16.5 Å². The first-order valence-electron chi connectivity index (χ1n) is 18.1. The van der Waals surface area contributed by atoms with Gasteiger partial charge < -0.3 is 4.55 Å². The second-order valence-electron chi connectivity index (χ2n) is 12.8. The molecule has 5 heteroatoms. The van der Waals surface area contributed by atoms with E-state index in [0.717, 1.165) is 18.4 Å². The van der Waals surface area contributed by atoms with E-state index in [1.807, 2.05) is 6.07 Å². The summed E-state index contributed by atoms with van der Waals surface area (Å²) in [5, 5.41) is 0. The molecule has 0 saturated heterocycles. The number of hydrogen-bond donors (Lipinski definition) is 0. The van der Waals surface area contributed by atoms with Crippen LogP contribution in [0.3, 0.4) is 0 Å². The Balaban J connectivity index is 0.0000168. The summed E-state index contributed by atoms with van der Waals surface area (Å²) in [5.41, 5.74) is 0.951. The van der Waals surface area contributed by atoms with Gasteiger partial charge in [-0.3, -0.25) is 0 Å². The fraction of sp³-hybridized carbons (Fsp3) is 0.838. The van der Waals surface area contributed by atoms with E-state index in [9.17, 15) is 13.0 Å². The Morgan fingerprint density at radius 1 is 0.476 bits per heavy atom. The first-order valence-corrected chi connectivity index (χ1v) is 19.5. The number of aryl methyl sites for hydroxylation is 1. The molecule has 0 bridgehead atoms. The molecule has 1 rings (SSSR count). The van der Waals surface area contributed by atoms with Crippen LogP contribution in [0.4, 0.5) is 0 Å². The van der Waals surface area contributed by atoms with Crippen molar-refractivity contribution < 1.29 is 64.4 Å². The fourth-order valence-corrected chi connectivity index (χ4v) is 6.57. The van der Waals surface area contributed by atoms with Crippen LogP contribution in [0.15, 0.2) is 29.2 Å². The smallest absolute Gasteiger partial charge is 0.744 e. The Morgan fingerprint density at radius 3 is 1.05 bits per heavy atom. The maximum Gasteiger partial charge on any atom is 1.00 e. The molecule has 3 nitrogen and oxygen atoms in total. The molecule has 0 amide bonds. The molecular weight excluding hydrogens is 564 g/mol. The number of rotatable bonds is 31. The van der Waals surface area contributed by atoms with Gasteiger partial charge in [0, 0.05) is 0 Å². The first kappa shape index (κ1) is 42.8. The molecule has 0 atom stereocenters. The average Bonchev–Trinajstić information content (AvgIpc) is 2.96. The standard InChI is InChI=1S/C37H68O3S.K/c1-2-3-4-5-6-7-8-9-10-11-12-13-14-15-16-17-18-19-20-21-22-23-24-25-26-27-28-29-30-32-36-33-31-34-37(35-36)41(38,39)40;/h31,33-35H,2-30,32H2,1H3,(H,38,39,40);/q;+1/p-1. The van der Waals surface area contributed by atoms with E-state index < -0.39 is 10.1 Å². The van der Waals surface area contributed by atoms with Gasteiger partial charge in [-0.25, -0.2) is 8.42 Å². The van der Waals surface area contributed by atoms with Crippen LogP contribution in [0.5, 0.6) is 0 Å². The van der Waals surface area contributed by atoms with Crippen LogP contribution in [0.25, 0.3) is 0 Å². The molecular formula is C37H67KO3S. The maximum atomic E-state index is 11.1. The number of hydrogen-bond acceptors (Lipinski definition) is 3. The summed E-state index contributed by atoms with van der Waals surface area (Å²) in [4.78, 5) is -0.106. The predicted molar refractivity (Wildman–Crippen MR) is 178 cm³/mol. The molecule has 0 aliphatic rings. The van der Waals surface area contributed by atoms with Crippen molar-refractivity contribution in [3.63, 3.8) is 0 Å². The number of unbranched alkanes of at least 4 members (excludes halogenated alkanes) is 28. The fourth-order valence-electron chi connectivity index (χ4n) is 6.03. The SMILES string of the molecule is CCCCCCCCCCCCCCCCCCCCCCCCCCCCCCCc1cccc(S(=O)(=O)[O-])c1.[K+]. The van der Waals surface area contributed by atoms with E-state index in [0.29, 0.717) is 0 Å². The molecule has 0 unspecified atom stereocenters. The van der Waals surface area contributed by atoms with Crippen LogP contribution >= 0.6 is 0 Å². The first-order chi connectivity index (χ1) is 20.0. The predicted octanol–water partition coefficient (Wildman–Crippen LogP) is 9.47. The summed E-state index contributed by atoms with van der Waals surface area (Å²) < 4.78 is 33.4. The van der Waals surface area contributed by atoms with Crippen molar-refractivity contribution >= 4 is 10.1 Å². The van der Waals surface area contributed by atoms with E-state index in [1.165, 1.54) is 192 Å². The summed E-state index contributed by atoms with van der Waals surface area (Å²) in [6.45, 7) is 2.30. The maximum absolute atomic E-state index is 11.1. The summed E-state index contributed by atoms with van der Waals surface area (Å²) in [7, 11) is -4.35. The zero-order valence-corrected chi connectivity index (χ0v) is 32.1. The molecule has 0 heterocycles. The van der Waals surface area contributed by atoms with Gasteiger partial charge in [0.2, 0.25) is 0 Å². The third-order valence-corrected chi connectivity index (χ3v) is 9.59. The van der Waals surface area contributed by atoms with E-state index in [1.54, 1.807) is 6.07 Å². The Kier molecular flexibility index (Phi) is 32.3. The van der Waals surface area contributed by atoms with E-state index in [2.05, 4.69) is 6.92 Å². The zero-order chi connectivity index (χ0) is 29.7. The molecule has 0 aliphatic carbocycles. The Labute approximate surface area is 305 Å². The Bertz CT molecular complexity index is 796. The quantitative estimate of drug-likeness (QED) is 0.0466. The van der Waals surface area contributed by atoms with Gasteiger partial charge in [-0.05, 0) is 30.5 Å². The molecule has 240 valence electrons. The molecule has 0 radical (unpaired) electrons. The van der Waals surface area contributed by atoms with E-state index in [-0.39, 0.29) is 56.3 Å². The van der Waals surface area contributed by atoms with E-state index in [4.69, 9.17) is 0 Å². The van der Waals surface area contributed by atoms with Crippen LogP contribution in [-0.4, -0.2) is 13.0 Å². The van der Waals surface area contributed by atoms with E-state index >= 15 is 0 Å². The third kappa shape index (κ3) is 28.3. The minimum atomic E-state index is -4.35. The van der Waals surface area contributed by atoms with Gasteiger partial charge in [0.05, 0.1) is 4.90 Å². The van der Waals surface area contributed by atoms with Gasteiger partial charge in [0.15, 0.2) is 0 Å². The Morgan fingerprint density at radius 2 is 0.762 bits per heavy atom. The van der Waals surface area contributed by atoms with Gasteiger partial charge in [-0.1, -0.05) is 199 Å². The van der Waals surface area contributed by atoms with Crippen LogP contribution < -0.4 is 51.4 Å². The van der Waals surface area contributed by atoms with Crippen molar-refractivity contribution in [2.24, 2.45) is 0 Å². The van der Waals surface area contributed by atoms with Crippen molar-refractivity contribution in [2.45, 2.75) is 204 Å². The van der Waals surface area contributed by atoms with Gasteiger partial charge in [-0.15, -0.1) is 0 Å². The molecule has 0 aliphatic heterocycles. The van der Waals surface area contributed by atoms with Crippen molar-refractivity contribution in [3.8, 4) is 0 Å². The largest absolute Gasteiger partial charge is 1.00 e. The van der Waals surface area contributed by atoms with Gasteiger partial charge in [0.25, 0.3) is 0 Å². The van der Waals surface area contributed by atoms with Gasteiger partial charge in [-0.2, -0.15) is 0 Å². The molecule has 0 spiro atoms. The minimum Gasteiger partial charge on any atom is -0.744 e. The van der Waals surface area contributed by atoms with Crippen molar-refractivity contribution in [1.82, 2.24) is 0 Å². The zero-order valence-electron chi connectivity index (χ0n) is 28.2. The molecule has 0 aromatic heterocycles. The van der Waals surface area contributed by atoms with Crippen LogP contribution in [0.2, 0.25) is 0 Å². The van der Waals surface area contributed by atoms with Gasteiger partial charge in [0.1, 0.15) is 10.1 Å². The Hall–Kier alpha value is 0.766. The third-order valence-electron chi connectivity index (χ3n) is 8.76. The summed E-state index contributed by atoms with van der Waals surface area (Å²) in [6.07, 6.45) is 41.5. The van der Waals surface area contributed by atoms with Crippen molar-refractivity contribution in [2.75, 3.05) is 0 Å². The summed E-state index contributed by atoms with van der Waals surface area (Å²) >= 11 is 0. The molecule has 0 N–H and O–H groups in total. The van der Waals surface area contributed by atoms with Crippen molar-refractivity contribution in [3.05, 3.63) is 29.8 Å². The summed E-state index contributed by atoms with van der Waals surface area (Å²) in [5.74, 6) is 0. The molecule has 1 aromatic rings. The normalized spacial score (nSPS) is 11.6. The monoisotopic (exact) mass is 630 g/mol. The molecule has 42 heavy (non-hydrogen) atoms. The number of benzene rings is 1. The van der Waals surface area contributed by atoms with Crippen LogP contribution in [0.1, 0.15) is 199 Å². The molecule has 1 aromatic carbocycles. The van der Waals surface area contributed by atoms with Crippen LogP contribution in [0, 0.1) is 0 Å².